The van der Waals surface area contributed by atoms with Gasteiger partial charge >= 0.3 is 6.18 Å². The lowest BCUT2D eigenvalue weighted by Gasteiger charge is -2.34. The second-order valence-corrected chi connectivity index (χ2v) is 12.7. The molecular formula is C36H36F5N9O2. The molecule has 5 aromatic rings. The summed E-state index contributed by atoms with van der Waals surface area (Å²) in [7, 11) is 0. The summed E-state index contributed by atoms with van der Waals surface area (Å²) in [5.41, 5.74) is -0.664. The van der Waals surface area contributed by atoms with Gasteiger partial charge in [0.1, 0.15) is 41.1 Å². The van der Waals surface area contributed by atoms with Crippen LogP contribution < -0.4 is 10.6 Å². The summed E-state index contributed by atoms with van der Waals surface area (Å²) in [6.07, 6.45) is 2.19. The fourth-order valence-electron chi connectivity index (χ4n) is 6.60. The van der Waals surface area contributed by atoms with Crippen molar-refractivity contribution in [2.45, 2.75) is 45.1 Å². The molecule has 0 aliphatic carbocycles. The molecule has 1 amide bonds. The van der Waals surface area contributed by atoms with Crippen molar-refractivity contribution in [3.63, 3.8) is 0 Å². The van der Waals surface area contributed by atoms with Crippen LogP contribution in [0, 0.1) is 11.6 Å². The number of nitrogens with zero attached hydrogens (tertiary/aromatic N) is 7. The van der Waals surface area contributed by atoms with Crippen molar-refractivity contribution in [3.05, 3.63) is 89.6 Å². The molecule has 0 radical (unpaired) electrons. The monoisotopic (exact) mass is 721 g/mol. The molecule has 11 nitrogen and oxygen atoms in total. The maximum atomic E-state index is 15.9. The van der Waals surface area contributed by atoms with Crippen molar-refractivity contribution < 1.29 is 31.5 Å². The molecule has 2 fully saturated rings. The van der Waals surface area contributed by atoms with Crippen LogP contribution >= 0.6 is 0 Å². The Kier molecular flexibility index (Phi) is 10.1. The normalized spacial score (nSPS) is 17.4. The quantitative estimate of drug-likeness (QED) is 0.155. The van der Waals surface area contributed by atoms with E-state index in [-0.39, 0.29) is 29.7 Å². The van der Waals surface area contributed by atoms with E-state index in [0.29, 0.717) is 42.1 Å². The number of likely N-dealkylation sites (N-methyl/N-ethyl adjacent to an activating group) is 1. The van der Waals surface area contributed by atoms with Crippen LogP contribution in [0.3, 0.4) is 0 Å². The van der Waals surface area contributed by atoms with Crippen LogP contribution in [0.25, 0.3) is 22.4 Å². The number of carbonyl (C=O) groups is 1. The van der Waals surface area contributed by atoms with E-state index in [2.05, 4.69) is 35.5 Å². The van der Waals surface area contributed by atoms with E-state index < -0.39 is 40.7 Å². The molecule has 2 aliphatic heterocycles. The maximum absolute atomic E-state index is 15.9. The molecule has 52 heavy (non-hydrogen) atoms. The lowest BCUT2D eigenvalue weighted by Crippen LogP contribution is -2.45. The van der Waals surface area contributed by atoms with E-state index in [1.807, 2.05) is 16.4 Å². The number of aromatic nitrogens is 5. The first-order valence-electron chi connectivity index (χ1n) is 17.1. The minimum atomic E-state index is -4.73. The Labute approximate surface area is 295 Å². The predicted molar refractivity (Wildman–Crippen MR) is 184 cm³/mol. The Hall–Kier alpha value is -5.06. The van der Waals surface area contributed by atoms with E-state index in [1.165, 1.54) is 24.7 Å². The molecule has 2 aromatic carbocycles. The fraction of sp³-hybridized carbons (Fsp3) is 0.361. The number of rotatable bonds is 9. The summed E-state index contributed by atoms with van der Waals surface area (Å²) >= 11 is 0. The van der Waals surface area contributed by atoms with Gasteiger partial charge in [0.25, 0.3) is 5.91 Å². The van der Waals surface area contributed by atoms with E-state index >= 15 is 8.78 Å². The summed E-state index contributed by atoms with van der Waals surface area (Å²) in [4.78, 5) is 35.0. The highest BCUT2D eigenvalue weighted by atomic mass is 19.4. The molecule has 0 saturated carbocycles. The summed E-state index contributed by atoms with van der Waals surface area (Å²) in [5.74, 6) is -3.14. The van der Waals surface area contributed by atoms with Crippen molar-refractivity contribution in [2.24, 2.45) is 0 Å². The van der Waals surface area contributed by atoms with Gasteiger partial charge in [-0.15, -0.1) is 0 Å². The highest BCUT2D eigenvalue weighted by molar-refractivity contribution is 6.05. The molecule has 1 unspecified atom stereocenters. The molecule has 5 heterocycles. The third-order valence-corrected chi connectivity index (χ3v) is 9.45. The minimum Gasteiger partial charge on any atom is -0.358 e. The molecule has 2 N–H and O–H groups in total. The zero-order chi connectivity index (χ0) is 36.4. The number of nitrogens with one attached hydrogen (secondary N) is 2. The van der Waals surface area contributed by atoms with E-state index in [1.54, 1.807) is 18.5 Å². The number of alkyl halides is 3. The molecule has 7 rings (SSSR count). The number of hydrogen-bond acceptors (Lipinski definition) is 9. The van der Waals surface area contributed by atoms with Crippen molar-refractivity contribution in [1.82, 2.24) is 34.3 Å². The van der Waals surface area contributed by atoms with Gasteiger partial charge in [0.15, 0.2) is 11.5 Å². The van der Waals surface area contributed by atoms with Crippen LogP contribution in [-0.4, -0.2) is 79.5 Å². The van der Waals surface area contributed by atoms with Crippen LogP contribution in [0.5, 0.6) is 0 Å². The first-order chi connectivity index (χ1) is 25.1. The molecule has 0 bridgehead atoms. The number of halogens is 5. The highest BCUT2D eigenvalue weighted by Crippen LogP contribution is 2.37. The number of anilines is 3. The lowest BCUT2D eigenvalue weighted by atomic mass is 10.0. The number of carbonyl (C=O) groups excluding carboxylic acids is 1. The first-order valence-corrected chi connectivity index (χ1v) is 17.1. The number of fused-ring (bicyclic) bond motifs is 1. The van der Waals surface area contributed by atoms with Gasteiger partial charge in [-0.1, -0.05) is 13.0 Å². The molecule has 3 aromatic heterocycles. The van der Waals surface area contributed by atoms with Gasteiger partial charge in [-0.25, -0.2) is 28.7 Å². The van der Waals surface area contributed by atoms with Gasteiger partial charge in [-0.2, -0.15) is 13.2 Å². The Morgan fingerprint density at radius 1 is 0.981 bits per heavy atom. The third kappa shape index (κ3) is 7.31. The first kappa shape index (κ1) is 35.3. The number of pyridine rings is 1. The lowest BCUT2D eigenvalue weighted by molar-refractivity contribution is -0.138. The number of ether oxygens (including phenoxy) is 1. The van der Waals surface area contributed by atoms with Gasteiger partial charge < -0.3 is 20.3 Å². The maximum Gasteiger partial charge on any atom is 0.416 e. The molecule has 1 atom stereocenters. The predicted octanol–water partition coefficient (Wildman–Crippen LogP) is 7.02. The molecule has 2 aliphatic rings. The number of benzene rings is 2. The van der Waals surface area contributed by atoms with Crippen molar-refractivity contribution in [3.8, 4) is 11.3 Å². The molecule has 2 saturated heterocycles. The highest BCUT2D eigenvalue weighted by Gasteiger charge is 2.35. The molecule has 0 spiro atoms. The number of imidazole rings is 1. The summed E-state index contributed by atoms with van der Waals surface area (Å²) in [5, 5.41) is 4.99. The third-order valence-electron chi connectivity index (χ3n) is 9.45. The van der Waals surface area contributed by atoms with Crippen molar-refractivity contribution >= 4 is 34.3 Å². The van der Waals surface area contributed by atoms with Gasteiger partial charge in [0, 0.05) is 56.7 Å². The average Bonchev–Trinajstić information content (AvgIpc) is 3.60. The largest absolute Gasteiger partial charge is 0.416 e. The Bertz CT molecular complexity index is 2080. The summed E-state index contributed by atoms with van der Waals surface area (Å²) in [6, 6.07) is 8.52. The zero-order valence-corrected chi connectivity index (χ0v) is 28.3. The second-order valence-electron chi connectivity index (χ2n) is 12.7. The van der Waals surface area contributed by atoms with Gasteiger partial charge in [-0.3, -0.25) is 14.3 Å². The second kappa shape index (κ2) is 14.9. The zero-order valence-electron chi connectivity index (χ0n) is 28.3. The standard InChI is InChI=1S/C36H36F5N9O2/c1-2-48-13-15-49(16-14-48)19-23-9-8-22(18-25(23)36(39,40)41)35(51)46-27-11-10-26(37)31(29(27)38)47-33-24(6-5-12-42-33)30-32-34(44-20-43-30)50(21-45-32)28-7-3-4-17-52-28/h5-6,8-12,18,20-21,28H,2-4,7,13-17,19H2,1H3,(H,42,47)(H,46,51). The minimum absolute atomic E-state index is 0.0359. The van der Waals surface area contributed by atoms with E-state index in [0.717, 1.165) is 57.1 Å². The number of amides is 1. The van der Waals surface area contributed by atoms with Crippen LogP contribution in [0.4, 0.5) is 39.1 Å². The molecule has 272 valence electrons. The van der Waals surface area contributed by atoms with E-state index in [9.17, 15) is 18.0 Å². The average molecular weight is 722 g/mol. The number of piperazine rings is 1. The van der Waals surface area contributed by atoms with Gasteiger partial charge in [0.2, 0.25) is 0 Å². The Morgan fingerprint density at radius 3 is 2.54 bits per heavy atom. The van der Waals surface area contributed by atoms with Crippen LogP contribution in [0.2, 0.25) is 0 Å². The van der Waals surface area contributed by atoms with Crippen LogP contribution in [0.15, 0.2) is 61.3 Å². The molecular weight excluding hydrogens is 685 g/mol. The smallest absolute Gasteiger partial charge is 0.358 e. The topological polar surface area (TPSA) is 113 Å². The van der Waals surface area contributed by atoms with Crippen molar-refractivity contribution in [2.75, 3.05) is 50.0 Å². The number of hydrogen-bond donors (Lipinski definition) is 2. The van der Waals surface area contributed by atoms with Gasteiger partial charge in [-0.05, 0) is 67.8 Å². The fourth-order valence-corrected chi connectivity index (χ4v) is 6.60. The summed E-state index contributed by atoms with van der Waals surface area (Å²) in [6.45, 7) is 6.36. The Balaban J connectivity index is 1.13. The van der Waals surface area contributed by atoms with Crippen LogP contribution in [-0.2, 0) is 17.5 Å². The Morgan fingerprint density at radius 2 is 1.79 bits per heavy atom. The SMILES string of the molecule is CCN1CCN(Cc2ccc(C(=O)Nc3ccc(F)c(Nc4ncccc4-c4ncnc5c4ncn5C4CCCCO4)c3F)cc2C(F)(F)F)CC1. The van der Waals surface area contributed by atoms with Crippen LogP contribution in [0.1, 0.15) is 53.9 Å². The van der Waals surface area contributed by atoms with Gasteiger partial charge in [0.05, 0.1) is 17.6 Å². The van der Waals surface area contributed by atoms with E-state index in [4.69, 9.17) is 4.74 Å². The molecule has 16 heteroatoms. The van der Waals surface area contributed by atoms with Crippen molar-refractivity contribution in [1.29, 1.82) is 0 Å². The summed E-state index contributed by atoms with van der Waals surface area (Å²) < 4.78 is 81.5.